The number of amides is 1. The lowest BCUT2D eigenvalue weighted by Gasteiger charge is -2.29. The fraction of sp³-hybridized carbons (Fsp3) is 0.409. The highest BCUT2D eigenvalue weighted by Crippen LogP contribution is 2.35. The van der Waals surface area contributed by atoms with Crippen LogP contribution in [0.5, 0.6) is 0 Å². The van der Waals surface area contributed by atoms with Gasteiger partial charge in [-0.3, -0.25) is 14.6 Å². The second-order valence-corrected chi connectivity index (χ2v) is 8.17. The maximum absolute atomic E-state index is 12.3. The minimum Gasteiger partial charge on any atom is -0.390 e. The molecule has 1 aromatic heterocycles. The molecule has 6 nitrogen and oxygen atoms in total. The van der Waals surface area contributed by atoms with Crippen LogP contribution in [0.25, 0.3) is 11.1 Å². The maximum Gasteiger partial charge on any atom is 0.223 e. The van der Waals surface area contributed by atoms with Gasteiger partial charge in [-0.05, 0) is 37.0 Å². The summed E-state index contributed by atoms with van der Waals surface area (Å²) >= 11 is 0. The van der Waals surface area contributed by atoms with E-state index in [-0.39, 0.29) is 24.2 Å². The third-order valence-electron chi connectivity index (χ3n) is 5.26. The lowest BCUT2D eigenvalue weighted by molar-refractivity contribution is -0.126. The fourth-order valence-corrected chi connectivity index (χ4v) is 3.96. The number of carbonyl (C=O) groups is 2. The number of aromatic nitrogens is 1. The quantitative estimate of drug-likeness (QED) is 0.851. The van der Waals surface area contributed by atoms with Gasteiger partial charge in [0, 0.05) is 35.5 Å². The number of ether oxygens (including phenoxy) is 1. The van der Waals surface area contributed by atoms with Crippen molar-refractivity contribution in [1.82, 2.24) is 10.3 Å². The van der Waals surface area contributed by atoms with Gasteiger partial charge in [0.1, 0.15) is 0 Å². The zero-order valence-corrected chi connectivity index (χ0v) is 16.1. The third-order valence-corrected chi connectivity index (χ3v) is 5.26. The minimum absolute atomic E-state index is 0.0187. The summed E-state index contributed by atoms with van der Waals surface area (Å²) in [4.78, 5) is 28.6. The molecule has 0 bridgehead atoms. The molecule has 0 fully saturated rings. The van der Waals surface area contributed by atoms with E-state index in [4.69, 9.17) is 4.74 Å². The lowest BCUT2D eigenvalue weighted by atomic mass is 9.92. The van der Waals surface area contributed by atoms with Crippen molar-refractivity contribution >= 4 is 11.7 Å². The number of carbonyl (C=O) groups excluding carboxylic acids is 2. The predicted molar refractivity (Wildman–Crippen MR) is 104 cm³/mol. The van der Waals surface area contributed by atoms with Crippen LogP contribution < -0.4 is 5.32 Å². The van der Waals surface area contributed by atoms with E-state index < -0.39 is 5.60 Å². The molecule has 0 saturated carbocycles. The van der Waals surface area contributed by atoms with Gasteiger partial charge >= 0.3 is 0 Å². The minimum atomic E-state index is -1.07. The fourth-order valence-electron chi connectivity index (χ4n) is 3.96. The highest BCUT2D eigenvalue weighted by Gasteiger charge is 2.28. The molecule has 2 aromatic rings. The number of ketones is 1. The first-order chi connectivity index (χ1) is 13.3. The predicted octanol–water partition coefficient (Wildman–Crippen LogP) is 2.73. The molecule has 0 radical (unpaired) electrons. The van der Waals surface area contributed by atoms with E-state index >= 15 is 0 Å². The Hall–Kier alpha value is -2.57. The summed E-state index contributed by atoms with van der Waals surface area (Å²) in [6, 6.07) is 5.61. The Morgan fingerprint density at radius 2 is 2.11 bits per heavy atom. The molecule has 6 heteroatoms. The van der Waals surface area contributed by atoms with Crippen LogP contribution in [0.15, 0.2) is 30.6 Å². The molecular formula is C22H24N2O4. The molecule has 2 aliphatic rings. The Bertz CT molecular complexity index is 946. The second-order valence-electron chi connectivity index (χ2n) is 8.17. The molecule has 1 aromatic carbocycles. The summed E-state index contributed by atoms with van der Waals surface area (Å²) in [5.41, 5.74) is 4.72. The zero-order chi connectivity index (χ0) is 19.9. The van der Waals surface area contributed by atoms with Gasteiger partial charge < -0.3 is 15.2 Å². The van der Waals surface area contributed by atoms with Gasteiger partial charge in [0.15, 0.2) is 5.78 Å². The summed E-state index contributed by atoms with van der Waals surface area (Å²) in [6.07, 6.45) is 4.94. The molecular weight excluding hydrogens is 356 g/mol. The van der Waals surface area contributed by atoms with E-state index in [1.165, 1.54) is 0 Å². The van der Waals surface area contributed by atoms with E-state index in [0.717, 1.165) is 39.8 Å². The summed E-state index contributed by atoms with van der Waals surface area (Å²) in [6.45, 7) is 4.03. The van der Waals surface area contributed by atoms with Crippen LogP contribution >= 0.6 is 0 Å². The summed E-state index contributed by atoms with van der Waals surface area (Å²) in [7, 11) is 0. The van der Waals surface area contributed by atoms with Crippen LogP contribution in [0.3, 0.4) is 0 Å². The Kier molecular flexibility index (Phi) is 4.77. The Labute approximate surface area is 163 Å². The van der Waals surface area contributed by atoms with Gasteiger partial charge in [-0.2, -0.15) is 0 Å². The number of rotatable bonds is 4. The topological polar surface area (TPSA) is 88.5 Å². The van der Waals surface area contributed by atoms with Gasteiger partial charge in [0.2, 0.25) is 5.91 Å². The number of aryl methyl sites for hydroxylation is 1. The first kappa shape index (κ1) is 18.8. The Morgan fingerprint density at radius 1 is 1.29 bits per heavy atom. The number of nitrogens with zero attached hydrogens (tertiary/aromatic N) is 1. The van der Waals surface area contributed by atoms with Crippen molar-refractivity contribution in [2.75, 3.05) is 6.61 Å². The van der Waals surface area contributed by atoms with Crippen molar-refractivity contribution in [3.63, 3.8) is 0 Å². The number of nitrogens with one attached hydrogen (secondary N) is 1. The highest BCUT2D eigenvalue weighted by molar-refractivity contribution is 6.01. The maximum atomic E-state index is 12.3. The van der Waals surface area contributed by atoms with Crippen LogP contribution in [0, 0.1) is 0 Å². The largest absolute Gasteiger partial charge is 0.390 e. The molecule has 146 valence electrons. The van der Waals surface area contributed by atoms with E-state index in [1.807, 2.05) is 18.3 Å². The Balaban J connectivity index is 1.64. The molecule has 1 atom stereocenters. The normalized spacial score (nSPS) is 18.5. The van der Waals surface area contributed by atoms with Crippen LogP contribution in [-0.2, 0) is 22.6 Å². The van der Waals surface area contributed by atoms with E-state index in [2.05, 4.69) is 16.4 Å². The SMILES string of the molecule is CC(C)(O)CC(=O)NC1COCc2c(-c3ccc4c(c3)CCC4=O)cncc21. The summed E-state index contributed by atoms with van der Waals surface area (Å²) in [5.74, 6) is -0.0249. The monoisotopic (exact) mass is 380 g/mol. The molecule has 1 aliphatic heterocycles. The van der Waals surface area contributed by atoms with Crippen molar-refractivity contribution in [1.29, 1.82) is 0 Å². The lowest BCUT2D eigenvalue weighted by Crippen LogP contribution is -2.38. The first-order valence-corrected chi connectivity index (χ1v) is 9.54. The van der Waals surface area contributed by atoms with E-state index in [1.54, 1.807) is 20.0 Å². The van der Waals surface area contributed by atoms with Crippen LogP contribution in [0.4, 0.5) is 0 Å². The van der Waals surface area contributed by atoms with Crippen LogP contribution in [0.2, 0.25) is 0 Å². The van der Waals surface area contributed by atoms with Crippen LogP contribution in [0.1, 0.15) is 59.8 Å². The molecule has 2 N–H and O–H groups in total. The standard InChI is InChI=1S/C22H24N2O4/c1-22(2,27)8-21(26)24-19-12-28-11-18-16(9-23-10-17(18)19)14-3-5-15-13(7-14)4-6-20(15)25/h3,5,7,9-10,19,27H,4,6,8,11-12H2,1-2H3,(H,24,26). The molecule has 1 aliphatic carbocycles. The van der Waals surface area contributed by atoms with Gasteiger partial charge in [0.05, 0.1) is 31.3 Å². The van der Waals surface area contributed by atoms with E-state index in [9.17, 15) is 14.7 Å². The van der Waals surface area contributed by atoms with Crippen molar-refractivity contribution in [2.24, 2.45) is 0 Å². The molecule has 4 rings (SSSR count). The average Bonchev–Trinajstić information content (AvgIpc) is 3.00. The summed E-state index contributed by atoms with van der Waals surface area (Å²) in [5, 5.41) is 12.8. The van der Waals surface area contributed by atoms with Gasteiger partial charge in [0.25, 0.3) is 0 Å². The molecule has 0 spiro atoms. The average molecular weight is 380 g/mol. The molecule has 1 amide bonds. The van der Waals surface area contributed by atoms with Crippen LogP contribution in [-0.4, -0.2) is 34.0 Å². The number of aliphatic hydroxyl groups is 1. The molecule has 2 heterocycles. The van der Waals surface area contributed by atoms with Crippen molar-refractivity contribution in [2.45, 2.75) is 51.4 Å². The van der Waals surface area contributed by atoms with Gasteiger partial charge in [-0.1, -0.05) is 18.2 Å². The number of benzene rings is 1. The first-order valence-electron chi connectivity index (χ1n) is 9.54. The number of hydrogen-bond donors (Lipinski definition) is 2. The molecule has 28 heavy (non-hydrogen) atoms. The Morgan fingerprint density at radius 3 is 2.89 bits per heavy atom. The smallest absolute Gasteiger partial charge is 0.223 e. The highest BCUT2D eigenvalue weighted by atomic mass is 16.5. The van der Waals surface area contributed by atoms with Crippen molar-refractivity contribution in [3.05, 3.63) is 52.8 Å². The molecule has 0 saturated heterocycles. The number of Topliss-reactive ketones (excluding diaryl/α,β-unsaturated/α-hetero) is 1. The number of fused-ring (bicyclic) bond motifs is 2. The number of pyridine rings is 1. The van der Waals surface area contributed by atoms with Crippen molar-refractivity contribution < 1.29 is 19.4 Å². The zero-order valence-electron chi connectivity index (χ0n) is 16.1. The second kappa shape index (κ2) is 7.11. The number of hydrogen-bond acceptors (Lipinski definition) is 5. The van der Waals surface area contributed by atoms with Gasteiger partial charge in [-0.15, -0.1) is 0 Å². The summed E-state index contributed by atoms with van der Waals surface area (Å²) < 4.78 is 5.75. The molecule has 1 unspecified atom stereocenters. The van der Waals surface area contributed by atoms with Crippen molar-refractivity contribution in [3.8, 4) is 11.1 Å². The van der Waals surface area contributed by atoms with Gasteiger partial charge in [-0.25, -0.2) is 0 Å². The third kappa shape index (κ3) is 3.70. The van der Waals surface area contributed by atoms with E-state index in [0.29, 0.717) is 19.6 Å².